The van der Waals surface area contributed by atoms with Crippen LogP contribution in [0.1, 0.15) is 25.3 Å². The van der Waals surface area contributed by atoms with Crippen LogP contribution in [0.3, 0.4) is 0 Å². The van der Waals surface area contributed by atoms with Crippen LogP contribution in [-0.2, 0) is 35.0 Å². The first-order valence-corrected chi connectivity index (χ1v) is 13.2. The highest BCUT2D eigenvalue weighted by atomic mass is 16.7. The van der Waals surface area contributed by atoms with Gasteiger partial charge >= 0.3 is 11.9 Å². The molecule has 216 valence electrons. The van der Waals surface area contributed by atoms with E-state index in [9.17, 15) is 35.1 Å². The SMILES string of the molecule is C=C1C(=O)O[C@@H]2[C@H]3C(CO[C@@H]4O[C@H](COC(=O)Cc5ccc(O)cc5)[C@@H](O)[C@H](O)[C@H]4O)=CCC3=C(C)C[C@H](O)[C@@H]12. The van der Waals surface area contributed by atoms with Crippen molar-refractivity contribution in [1.82, 2.24) is 0 Å². The fraction of sp³-hybridized carbons (Fsp3) is 0.517. The lowest BCUT2D eigenvalue weighted by Gasteiger charge is -2.40. The quantitative estimate of drug-likeness (QED) is 0.178. The number of rotatable bonds is 7. The molecule has 11 heteroatoms. The Morgan fingerprint density at radius 1 is 1.10 bits per heavy atom. The summed E-state index contributed by atoms with van der Waals surface area (Å²) in [6, 6.07) is 6.04. The highest BCUT2D eigenvalue weighted by molar-refractivity contribution is 5.91. The predicted octanol–water partition coefficient (Wildman–Crippen LogP) is 0.427. The molecule has 0 amide bonds. The molecule has 4 aliphatic rings. The molecule has 0 aromatic heterocycles. The number of carbonyl (C=O) groups is 2. The summed E-state index contributed by atoms with van der Waals surface area (Å²) < 4.78 is 22.5. The summed E-state index contributed by atoms with van der Waals surface area (Å²) in [5.74, 6) is -1.97. The van der Waals surface area contributed by atoms with Crippen LogP contribution in [-0.4, -0.2) is 93.6 Å². The number of hydrogen-bond acceptors (Lipinski definition) is 11. The molecule has 0 bridgehead atoms. The van der Waals surface area contributed by atoms with E-state index in [4.69, 9.17) is 18.9 Å². The average molecular weight is 559 g/mol. The van der Waals surface area contributed by atoms with Crippen molar-refractivity contribution in [3.63, 3.8) is 0 Å². The van der Waals surface area contributed by atoms with E-state index >= 15 is 0 Å². The predicted molar refractivity (Wildman–Crippen MR) is 137 cm³/mol. The monoisotopic (exact) mass is 558 g/mol. The van der Waals surface area contributed by atoms with Crippen LogP contribution in [0.15, 0.2) is 59.2 Å². The Labute approximate surface area is 230 Å². The summed E-state index contributed by atoms with van der Waals surface area (Å²) in [6.07, 6.45) is -5.82. The first-order chi connectivity index (χ1) is 19.0. The Kier molecular flexibility index (Phi) is 8.14. The molecular formula is C29H34O11. The van der Waals surface area contributed by atoms with Gasteiger partial charge in [0.05, 0.1) is 25.0 Å². The number of aromatic hydroxyl groups is 1. The van der Waals surface area contributed by atoms with Crippen LogP contribution < -0.4 is 0 Å². The number of carbonyl (C=O) groups excluding carboxylic acids is 2. The largest absolute Gasteiger partial charge is 0.508 e. The van der Waals surface area contributed by atoms with Gasteiger partial charge in [-0.05, 0) is 43.0 Å². The average Bonchev–Trinajstić information content (AvgIpc) is 3.44. The maximum atomic E-state index is 12.3. The maximum absolute atomic E-state index is 12.3. The minimum atomic E-state index is -1.62. The topological polar surface area (TPSA) is 172 Å². The molecule has 5 rings (SSSR count). The molecule has 0 unspecified atom stereocenters. The van der Waals surface area contributed by atoms with Crippen molar-refractivity contribution in [3.05, 3.63) is 64.8 Å². The molecule has 1 aromatic rings. The number of esters is 2. The Balaban J connectivity index is 1.22. The van der Waals surface area contributed by atoms with Gasteiger partial charge in [-0.2, -0.15) is 0 Å². The van der Waals surface area contributed by atoms with E-state index in [-0.39, 0.29) is 30.3 Å². The number of benzene rings is 1. The van der Waals surface area contributed by atoms with E-state index in [0.717, 1.165) is 16.7 Å². The first-order valence-electron chi connectivity index (χ1n) is 13.2. The number of ether oxygens (including phenoxy) is 4. The van der Waals surface area contributed by atoms with Gasteiger partial charge in [0.1, 0.15) is 42.9 Å². The lowest BCUT2D eigenvalue weighted by atomic mass is 9.82. The second kappa shape index (κ2) is 11.4. The minimum absolute atomic E-state index is 0.0390. The van der Waals surface area contributed by atoms with Crippen molar-refractivity contribution in [2.24, 2.45) is 11.8 Å². The van der Waals surface area contributed by atoms with Gasteiger partial charge in [0.2, 0.25) is 0 Å². The number of fused-ring (bicyclic) bond motifs is 3. The highest BCUT2D eigenvalue weighted by Gasteiger charge is 2.52. The number of phenolic OH excluding ortho intramolecular Hbond substituents is 1. The lowest BCUT2D eigenvalue weighted by molar-refractivity contribution is -0.299. The van der Waals surface area contributed by atoms with Gasteiger partial charge in [-0.1, -0.05) is 35.9 Å². The van der Waals surface area contributed by atoms with Gasteiger partial charge in [-0.25, -0.2) is 4.79 Å². The van der Waals surface area contributed by atoms with Crippen LogP contribution in [0.5, 0.6) is 5.75 Å². The van der Waals surface area contributed by atoms with E-state index in [0.29, 0.717) is 18.4 Å². The van der Waals surface area contributed by atoms with Crippen molar-refractivity contribution in [3.8, 4) is 5.75 Å². The fourth-order valence-corrected chi connectivity index (χ4v) is 6.00. The third kappa shape index (κ3) is 5.45. The second-order valence-corrected chi connectivity index (χ2v) is 10.8. The Bertz CT molecular complexity index is 1220. The van der Waals surface area contributed by atoms with Crippen molar-refractivity contribution < 1.29 is 54.1 Å². The third-order valence-corrected chi connectivity index (χ3v) is 8.20. The Morgan fingerprint density at radius 3 is 2.55 bits per heavy atom. The summed E-state index contributed by atoms with van der Waals surface area (Å²) in [6.45, 7) is 5.34. The molecule has 40 heavy (non-hydrogen) atoms. The summed E-state index contributed by atoms with van der Waals surface area (Å²) >= 11 is 0. The molecule has 9 atom stereocenters. The third-order valence-electron chi connectivity index (χ3n) is 8.20. The van der Waals surface area contributed by atoms with Gasteiger partial charge in [0.25, 0.3) is 0 Å². The van der Waals surface area contributed by atoms with E-state index in [1.807, 2.05) is 13.0 Å². The van der Waals surface area contributed by atoms with Crippen LogP contribution in [0.4, 0.5) is 0 Å². The van der Waals surface area contributed by atoms with Crippen LogP contribution in [0, 0.1) is 11.8 Å². The molecule has 1 aromatic carbocycles. The summed E-state index contributed by atoms with van der Waals surface area (Å²) in [5.41, 5.74) is 3.66. The van der Waals surface area contributed by atoms with Crippen molar-refractivity contribution >= 4 is 11.9 Å². The molecule has 5 N–H and O–H groups in total. The van der Waals surface area contributed by atoms with Gasteiger partial charge in [0.15, 0.2) is 6.29 Å². The Hall–Kier alpha value is -3.06. The molecule has 11 nitrogen and oxygen atoms in total. The summed E-state index contributed by atoms with van der Waals surface area (Å²) in [4.78, 5) is 24.6. The molecule has 0 radical (unpaired) electrons. The zero-order valence-electron chi connectivity index (χ0n) is 22.0. The molecule has 0 spiro atoms. The van der Waals surface area contributed by atoms with Gasteiger partial charge in [-0.15, -0.1) is 0 Å². The number of phenols is 1. The number of aliphatic hydroxyl groups is 4. The summed E-state index contributed by atoms with van der Waals surface area (Å²) in [5, 5.41) is 51.5. The highest BCUT2D eigenvalue weighted by Crippen LogP contribution is 2.48. The van der Waals surface area contributed by atoms with Crippen molar-refractivity contribution in [2.75, 3.05) is 13.2 Å². The zero-order valence-corrected chi connectivity index (χ0v) is 22.0. The lowest BCUT2D eigenvalue weighted by Crippen LogP contribution is -2.59. The maximum Gasteiger partial charge on any atom is 0.334 e. The molecule has 2 aliphatic heterocycles. The first kappa shape index (κ1) is 28.5. The Morgan fingerprint density at radius 2 is 1.82 bits per heavy atom. The van der Waals surface area contributed by atoms with Gasteiger partial charge < -0.3 is 44.5 Å². The van der Waals surface area contributed by atoms with Crippen LogP contribution in [0.2, 0.25) is 0 Å². The number of aliphatic hydroxyl groups excluding tert-OH is 4. The minimum Gasteiger partial charge on any atom is -0.508 e. The standard InChI is InChI=1S/C29H34O11/c1-13-9-19(31)22-14(2)28(36)40-27(22)23-16(5-8-18(13)23)11-38-29-26(35)25(34)24(33)20(39-29)12-37-21(32)10-15-3-6-17(30)7-4-15/h3-7,19-20,22-27,29-31,33-35H,2,8-12H2,1H3/t19-,20+,22+,23-,24+,25-,26+,27-,29+/m0/s1. The molecule has 2 fully saturated rings. The van der Waals surface area contributed by atoms with E-state index in [2.05, 4.69) is 6.58 Å². The van der Waals surface area contributed by atoms with Gasteiger partial charge in [-0.3, -0.25) is 4.79 Å². The van der Waals surface area contributed by atoms with E-state index in [1.165, 1.54) is 12.1 Å². The molecule has 0 saturated carbocycles. The van der Waals surface area contributed by atoms with Crippen molar-refractivity contribution in [1.29, 1.82) is 0 Å². The smallest absolute Gasteiger partial charge is 0.334 e. The zero-order chi connectivity index (χ0) is 28.7. The van der Waals surface area contributed by atoms with E-state index in [1.54, 1.807) is 12.1 Å². The fourth-order valence-electron chi connectivity index (χ4n) is 6.00. The van der Waals surface area contributed by atoms with Crippen LogP contribution in [0.25, 0.3) is 0 Å². The van der Waals surface area contributed by atoms with Crippen LogP contribution >= 0.6 is 0 Å². The van der Waals surface area contributed by atoms with Crippen molar-refractivity contribution in [2.45, 2.75) is 69.1 Å². The normalized spacial score (nSPS) is 35.5. The molecule has 2 heterocycles. The number of allylic oxidation sites excluding steroid dienone is 1. The van der Waals surface area contributed by atoms with Gasteiger partial charge in [0, 0.05) is 11.5 Å². The second-order valence-electron chi connectivity index (χ2n) is 10.8. The summed E-state index contributed by atoms with van der Waals surface area (Å²) in [7, 11) is 0. The van der Waals surface area contributed by atoms with E-state index < -0.39 is 67.4 Å². The molecule has 2 saturated heterocycles. The molecular weight excluding hydrogens is 524 g/mol. The number of hydrogen-bond donors (Lipinski definition) is 5. The molecule has 2 aliphatic carbocycles.